The van der Waals surface area contributed by atoms with Crippen LogP contribution in [0.25, 0.3) is 0 Å². The zero-order valence-corrected chi connectivity index (χ0v) is 14.4. The van der Waals surface area contributed by atoms with Gasteiger partial charge in [-0.15, -0.1) is 0 Å². The standard InChI is InChI=1S/C13H14Br2N2O4/c1-17(8-2-3-21-6-8)13(20)16-11-9(12(18)19)4-7(14)5-10(11)15/h4-5,8H,2-3,6H2,1H3,(H,16,20)(H,18,19). The zero-order valence-electron chi connectivity index (χ0n) is 11.2. The summed E-state index contributed by atoms with van der Waals surface area (Å²) in [5.74, 6) is -1.11. The third-order valence-electron chi connectivity index (χ3n) is 3.29. The van der Waals surface area contributed by atoms with E-state index in [1.165, 1.54) is 11.0 Å². The van der Waals surface area contributed by atoms with Crippen molar-refractivity contribution >= 4 is 49.5 Å². The van der Waals surface area contributed by atoms with Gasteiger partial charge in [0.05, 0.1) is 23.9 Å². The van der Waals surface area contributed by atoms with E-state index in [1.807, 2.05) is 0 Å². The number of nitrogens with zero attached hydrogens (tertiary/aromatic N) is 1. The highest BCUT2D eigenvalue weighted by molar-refractivity contribution is 9.11. The molecule has 0 spiro atoms. The number of anilines is 1. The molecule has 2 N–H and O–H groups in total. The number of ether oxygens (including phenoxy) is 1. The molecule has 1 fully saturated rings. The van der Waals surface area contributed by atoms with Gasteiger partial charge in [-0.1, -0.05) is 15.9 Å². The van der Waals surface area contributed by atoms with Gasteiger partial charge in [0.25, 0.3) is 0 Å². The van der Waals surface area contributed by atoms with Gasteiger partial charge in [0.15, 0.2) is 0 Å². The second-order valence-corrected chi connectivity index (χ2v) is 6.44. The monoisotopic (exact) mass is 420 g/mol. The molecule has 0 radical (unpaired) electrons. The fourth-order valence-corrected chi connectivity index (χ4v) is 3.38. The molecule has 2 rings (SSSR count). The van der Waals surface area contributed by atoms with Crippen molar-refractivity contribution in [2.45, 2.75) is 12.5 Å². The van der Waals surface area contributed by atoms with Crippen LogP contribution in [0.15, 0.2) is 21.1 Å². The lowest BCUT2D eigenvalue weighted by atomic mass is 10.2. The summed E-state index contributed by atoms with van der Waals surface area (Å²) in [7, 11) is 1.67. The quantitative estimate of drug-likeness (QED) is 0.785. The fraction of sp³-hybridized carbons (Fsp3) is 0.385. The van der Waals surface area contributed by atoms with Crippen LogP contribution in [0, 0.1) is 0 Å². The van der Waals surface area contributed by atoms with Crippen molar-refractivity contribution in [2.24, 2.45) is 0 Å². The second kappa shape index (κ2) is 6.76. The van der Waals surface area contributed by atoms with E-state index in [4.69, 9.17) is 4.74 Å². The number of carboxylic acids is 1. The first kappa shape index (κ1) is 16.3. The number of aromatic carboxylic acids is 1. The lowest BCUT2D eigenvalue weighted by molar-refractivity contribution is 0.0698. The number of likely N-dealkylation sites (N-methyl/N-ethyl adjacent to an activating group) is 1. The first-order valence-electron chi connectivity index (χ1n) is 6.24. The summed E-state index contributed by atoms with van der Waals surface area (Å²) in [6.07, 6.45) is 0.775. The predicted octanol–water partition coefficient (Wildman–Crippen LogP) is 3.16. The van der Waals surface area contributed by atoms with Crippen LogP contribution in [0.2, 0.25) is 0 Å². The van der Waals surface area contributed by atoms with Crippen LogP contribution in [-0.4, -0.2) is 48.3 Å². The maximum Gasteiger partial charge on any atom is 0.337 e. The molecule has 0 saturated carbocycles. The topological polar surface area (TPSA) is 78.9 Å². The third kappa shape index (κ3) is 3.75. The van der Waals surface area contributed by atoms with Crippen molar-refractivity contribution in [3.63, 3.8) is 0 Å². The summed E-state index contributed by atoms with van der Waals surface area (Å²) in [5.41, 5.74) is 0.252. The Morgan fingerprint density at radius 3 is 2.71 bits per heavy atom. The van der Waals surface area contributed by atoms with Gasteiger partial charge in [-0.3, -0.25) is 0 Å². The van der Waals surface area contributed by atoms with Crippen molar-refractivity contribution in [1.82, 2.24) is 4.90 Å². The van der Waals surface area contributed by atoms with E-state index in [9.17, 15) is 14.7 Å². The molecular formula is C13H14Br2N2O4. The molecule has 114 valence electrons. The van der Waals surface area contributed by atoms with Gasteiger partial charge in [-0.2, -0.15) is 0 Å². The highest BCUT2D eigenvalue weighted by atomic mass is 79.9. The van der Waals surface area contributed by atoms with Crippen LogP contribution < -0.4 is 5.32 Å². The Morgan fingerprint density at radius 1 is 1.43 bits per heavy atom. The first-order valence-corrected chi connectivity index (χ1v) is 7.82. The maximum atomic E-state index is 12.2. The van der Waals surface area contributed by atoms with Gasteiger partial charge >= 0.3 is 12.0 Å². The number of halogens is 2. The molecule has 0 aromatic heterocycles. The largest absolute Gasteiger partial charge is 0.478 e. The molecule has 1 saturated heterocycles. The number of hydrogen-bond acceptors (Lipinski definition) is 3. The highest BCUT2D eigenvalue weighted by Crippen LogP contribution is 2.31. The summed E-state index contributed by atoms with van der Waals surface area (Å²) in [4.78, 5) is 25.1. The van der Waals surface area contributed by atoms with Gasteiger partial charge in [0.1, 0.15) is 0 Å². The predicted molar refractivity (Wildman–Crippen MR) is 84.8 cm³/mol. The van der Waals surface area contributed by atoms with Crippen LogP contribution in [0.5, 0.6) is 0 Å². The molecule has 1 unspecified atom stereocenters. The number of amides is 2. The Kier molecular flexibility index (Phi) is 5.23. The van der Waals surface area contributed by atoms with E-state index < -0.39 is 5.97 Å². The average Bonchev–Trinajstić information content (AvgIpc) is 2.94. The lowest BCUT2D eigenvalue weighted by Gasteiger charge is -2.24. The van der Waals surface area contributed by atoms with Crippen molar-refractivity contribution in [2.75, 3.05) is 25.6 Å². The Labute approximate surface area is 138 Å². The van der Waals surface area contributed by atoms with Gasteiger partial charge in [0.2, 0.25) is 0 Å². The summed E-state index contributed by atoms with van der Waals surface area (Å²) in [5, 5.41) is 11.9. The molecule has 1 heterocycles. The number of rotatable bonds is 3. The molecule has 8 heteroatoms. The number of carbonyl (C=O) groups is 2. The normalized spacial score (nSPS) is 17.6. The van der Waals surface area contributed by atoms with E-state index in [-0.39, 0.29) is 23.3 Å². The summed E-state index contributed by atoms with van der Waals surface area (Å²) < 4.78 is 6.36. The van der Waals surface area contributed by atoms with Crippen LogP contribution in [0.4, 0.5) is 10.5 Å². The first-order chi connectivity index (χ1) is 9.90. The number of urea groups is 1. The Morgan fingerprint density at radius 2 is 2.14 bits per heavy atom. The second-order valence-electron chi connectivity index (χ2n) is 4.67. The smallest absolute Gasteiger partial charge is 0.337 e. The van der Waals surface area contributed by atoms with Gasteiger partial charge in [0, 0.05) is 22.6 Å². The van der Waals surface area contributed by atoms with Crippen molar-refractivity contribution < 1.29 is 19.4 Å². The highest BCUT2D eigenvalue weighted by Gasteiger charge is 2.25. The minimum atomic E-state index is -1.11. The Bertz CT molecular complexity index is 574. The number of hydrogen-bond donors (Lipinski definition) is 2. The third-order valence-corrected chi connectivity index (χ3v) is 4.37. The fourth-order valence-electron chi connectivity index (χ4n) is 2.06. The average molecular weight is 422 g/mol. The van der Waals surface area contributed by atoms with Crippen molar-refractivity contribution in [3.8, 4) is 0 Å². The summed E-state index contributed by atoms with van der Waals surface area (Å²) in [6.45, 7) is 1.13. The molecule has 21 heavy (non-hydrogen) atoms. The SMILES string of the molecule is CN(C(=O)Nc1c(Br)cc(Br)cc1C(=O)O)C1CCOC1. The lowest BCUT2D eigenvalue weighted by Crippen LogP contribution is -2.40. The molecule has 1 aromatic carbocycles. The zero-order chi connectivity index (χ0) is 15.6. The number of nitrogens with one attached hydrogen (secondary N) is 1. The van der Waals surface area contributed by atoms with E-state index in [1.54, 1.807) is 13.1 Å². The van der Waals surface area contributed by atoms with E-state index >= 15 is 0 Å². The van der Waals surface area contributed by atoms with Crippen LogP contribution in [-0.2, 0) is 4.74 Å². The van der Waals surface area contributed by atoms with Gasteiger partial charge in [-0.25, -0.2) is 9.59 Å². The van der Waals surface area contributed by atoms with Gasteiger partial charge < -0.3 is 20.1 Å². The minimum absolute atomic E-state index is 0.00695. The molecule has 1 atom stereocenters. The maximum absolute atomic E-state index is 12.2. The summed E-state index contributed by atoms with van der Waals surface area (Å²) >= 11 is 6.51. The Balaban J connectivity index is 2.22. The molecule has 6 nitrogen and oxygen atoms in total. The van der Waals surface area contributed by atoms with Crippen molar-refractivity contribution in [1.29, 1.82) is 0 Å². The van der Waals surface area contributed by atoms with Crippen molar-refractivity contribution in [3.05, 3.63) is 26.6 Å². The van der Waals surface area contributed by atoms with Crippen LogP contribution in [0.1, 0.15) is 16.8 Å². The number of carbonyl (C=O) groups excluding carboxylic acids is 1. The molecule has 0 aliphatic carbocycles. The van der Waals surface area contributed by atoms with E-state index in [0.29, 0.717) is 22.2 Å². The Hall–Kier alpha value is -1.12. The van der Waals surface area contributed by atoms with Gasteiger partial charge in [-0.05, 0) is 34.5 Å². The number of carboxylic acid groups (broad SMARTS) is 1. The molecule has 0 bridgehead atoms. The molecule has 1 aliphatic heterocycles. The number of benzene rings is 1. The molecule has 1 aliphatic rings. The van der Waals surface area contributed by atoms with Crippen LogP contribution in [0.3, 0.4) is 0 Å². The minimum Gasteiger partial charge on any atom is -0.478 e. The summed E-state index contributed by atoms with van der Waals surface area (Å²) in [6, 6.07) is 2.77. The molecule has 2 amide bonds. The molecular weight excluding hydrogens is 408 g/mol. The van der Waals surface area contributed by atoms with E-state index in [0.717, 1.165) is 6.42 Å². The molecule has 1 aromatic rings. The van der Waals surface area contributed by atoms with E-state index in [2.05, 4.69) is 37.2 Å². The van der Waals surface area contributed by atoms with Crippen LogP contribution >= 0.6 is 31.9 Å².